The van der Waals surface area contributed by atoms with Gasteiger partial charge in [-0.25, -0.2) is 14.2 Å². The normalized spacial score (nSPS) is 11.9. The molecule has 0 bridgehead atoms. The summed E-state index contributed by atoms with van der Waals surface area (Å²) in [7, 11) is 0. The van der Waals surface area contributed by atoms with E-state index in [0.29, 0.717) is 4.88 Å². The molecule has 1 amide bonds. The van der Waals surface area contributed by atoms with Crippen LogP contribution in [-0.2, 0) is 4.79 Å². The maximum Gasteiger partial charge on any atom is 0.331 e. The highest BCUT2D eigenvalue weighted by atomic mass is 35.5. The fraction of sp³-hybridized carbons (Fsp3) is 0.0833. The number of pyridine rings is 1. The Morgan fingerprint density at radius 2 is 2.25 bits per heavy atom. The van der Waals surface area contributed by atoms with Crippen LogP contribution >= 0.6 is 22.9 Å². The van der Waals surface area contributed by atoms with Crippen LogP contribution in [0, 0.1) is 5.82 Å². The maximum absolute atomic E-state index is 13.1. The van der Waals surface area contributed by atoms with Crippen LogP contribution in [0.1, 0.15) is 21.3 Å². The first kappa shape index (κ1) is 14.4. The van der Waals surface area contributed by atoms with Crippen molar-refractivity contribution in [1.82, 2.24) is 10.3 Å². The van der Waals surface area contributed by atoms with Crippen molar-refractivity contribution in [3.63, 3.8) is 0 Å². The van der Waals surface area contributed by atoms with Gasteiger partial charge in [-0.2, -0.15) is 0 Å². The molecule has 0 aliphatic rings. The van der Waals surface area contributed by atoms with E-state index in [1.165, 1.54) is 11.3 Å². The molecule has 0 saturated carbocycles. The van der Waals surface area contributed by atoms with Crippen molar-refractivity contribution in [2.75, 3.05) is 0 Å². The van der Waals surface area contributed by atoms with E-state index in [9.17, 15) is 14.0 Å². The summed E-state index contributed by atoms with van der Waals surface area (Å²) in [6.45, 7) is 0. The van der Waals surface area contributed by atoms with Gasteiger partial charge >= 0.3 is 5.97 Å². The minimum atomic E-state index is -1.22. The first-order valence-corrected chi connectivity index (χ1v) is 6.63. The minimum absolute atomic E-state index is 0.195. The molecule has 0 aliphatic heterocycles. The van der Waals surface area contributed by atoms with Crippen LogP contribution in [0.2, 0.25) is 5.15 Å². The summed E-state index contributed by atoms with van der Waals surface area (Å²) >= 11 is 6.88. The molecular formula is C12H8ClFN2O3S. The van der Waals surface area contributed by atoms with Gasteiger partial charge in [0.2, 0.25) is 0 Å². The number of rotatable bonds is 4. The highest BCUT2D eigenvalue weighted by Crippen LogP contribution is 2.21. The SMILES string of the molecule is O=C(NC(C(=O)O)c1cccs1)c1cc(F)cnc1Cl. The Balaban J connectivity index is 2.25. The number of hydrogen-bond donors (Lipinski definition) is 2. The quantitative estimate of drug-likeness (QED) is 0.850. The number of hydrogen-bond acceptors (Lipinski definition) is 4. The molecule has 0 spiro atoms. The van der Waals surface area contributed by atoms with E-state index in [1.54, 1.807) is 17.5 Å². The monoisotopic (exact) mass is 314 g/mol. The number of nitrogens with zero attached hydrogens (tertiary/aromatic N) is 1. The molecule has 2 N–H and O–H groups in total. The van der Waals surface area contributed by atoms with Crippen LogP contribution in [0.5, 0.6) is 0 Å². The van der Waals surface area contributed by atoms with E-state index in [0.717, 1.165) is 12.3 Å². The highest BCUT2D eigenvalue weighted by molar-refractivity contribution is 7.10. The number of carboxylic acid groups (broad SMARTS) is 1. The first-order chi connectivity index (χ1) is 9.49. The van der Waals surface area contributed by atoms with Crippen LogP contribution in [-0.4, -0.2) is 22.0 Å². The Hall–Kier alpha value is -1.99. The van der Waals surface area contributed by atoms with E-state index in [2.05, 4.69) is 10.3 Å². The summed E-state index contributed by atoms with van der Waals surface area (Å²) < 4.78 is 13.1. The number of carbonyl (C=O) groups excluding carboxylic acids is 1. The van der Waals surface area contributed by atoms with Crippen LogP contribution in [0.4, 0.5) is 4.39 Å². The van der Waals surface area contributed by atoms with Gasteiger partial charge in [0, 0.05) is 4.88 Å². The lowest BCUT2D eigenvalue weighted by Gasteiger charge is -2.13. The lowest BCUT2D eigenvalue weighted by Crippen LogP contribution is -2.33. The van der Waals surface area contributed by atoms with Crippen LogP contribution < -0.4 is 5.32 Å². The lowest BCUT2D eigenvalue weighted by molar-refractivity contribution is -0.139. The minimum Gasteiger partial charge on any atom is -0.479 e. The standard InChI is InChI=1S/C12H8ClFN2O3S/c13-10-7(4-6(14)5-15-10)11(17)16-9(12(18)19)8-2-1-3-20-8/h1-5,9H,(H,16,17)(H,18,19). The fourth-order valence-corrected chi connectivity index (χ4v) is 2.46. The van der Waals surface area contributed by atoms with Gasteiger partial charge in [-0.05, 0) is 17.5 Å². The Labute approximate surface area is 122 Å². The van der Waals surface area contributed by atoms with E-state index in [4.69, 9.17) is 16.7 Å². The average Bonchev–Trinajstić information content (AvgIpc) is 2.91. The second-order valence-electron chi connectivity index (χ2n) is 3.75. The van der Waals surface area contributed by atoms with Gasteiger partial charge in [0.25, 0.3) is 5.91 Å². The molecule has 2 aromatic heterocycles. The smallest absolute Gasteiger partial charge is 0.331 e. The first-order valence-electron chi connectivity index (χ1n) is 5.37. The van der Waals surface area contributed by atoms with Crippen molar-refractivity contribution in [1.29, 1.82) is 0 Å². The molecule has 20 heavy (non-hydrogen) atoms. The molecule has 8 heteroatoms. The highest BCUT2D eigenvalue weighted by Gasteiger charge is 2.25. The van der Waals surface area contributed by atoms with Gasteiger partial charge in [0.15, 0.2) is 6.04 Å². The van der Waals surface area contributed by atoms with Gasteiger partial charge in [-0.3, -0.25) is 4.79 Å². The number of aromatic nitrogens is 1. The summed E-state index contributed by atoms with van der Waals surface area (Å²) in [5, 5.41) is 12.9. The van der Waals surface area contributed by atoms with E-state index in [1.807, 2.05) is 0 Å². The van der Waals surface area contributed by atoms with Crippen molar-refractivity contribution in [2.24, 2.45) is 0 Å². The zero-order valence-electron chi connectivity index (χ0n) is 9.84. The Morgan fingerprint density at radius 1 is 1.50 bits per heavy atom. The van der Waals surface area contributed by atoms with Crippen molar-refractivity contribution < 1.29 is 19.1 Å². The predicted octanol–water partition coefficient (Wildman–Crippen LogP) is 2.49. The molecule has 1 unspecified atom stereocenters. The topological polar surface area (TPSA) is 79.3 Å². The van der Waals surface area contributed by atoms with E-state index in [-0.39, 0.29) is 10.7 Å². The number of aliphatic carboxylic acids is 1. The molecule has 0 aliphatic carbocycles. The number of carbonyl (C=O) groups is 2. The third-order valence-corrected chi connectivity index (χ3v) is 3.64. The van der Waals surface area contributed by atoms with Crippen molar-refractivity contribution in [2.45, 2.75) is 6.04 Å². The summed E-state index contributed by atoms with van der Waals surface area (Å²) in [6, 6.07) is 2.92. The molecule has 0 fully saturated rings. The number of thiophene rings is 1. The summed E-state index contributed by atoms with van der Waals surface area (Å²) in [5.74, 6) is -2.76. The summed E-state index contributed by atoms with van der Waals surface area (Å²) in [4.78, 5) is 27.1. The van der Waals surface area contributed by atoms with E-state index < -0.39 is 23.7 Å². The maximum atomic E-state index is 13.1. The fourth-order valence-electron chi connectivity index (χ4n) is 1.50. The predicted molar refractivity (Wildman–Crippen MR) is 71.4 cm³/mol. The molecule has 2 rings (SSSR count). The largest absolute Gasteiger partial charge is 0.479 e. The van der Waals surface area contributed by atoms with Gasteiger partial charge in [0.05, 0.1) is 11.8 Å². The van der Waals surface area contributed by atoms with Crippen LogP contribution in [0.25, 0.3) is 0 Å². The molecule has 2 aromatic rings. The number of amides is 1. The van der Waals surface area contributed by atoms with Crippen LogP contribution in [0.3, 0.4) is 0 Å². The number of carboxylic acids is 1. The number of nitrogens with one attached hydrogen (secondary N) is 1. The Kier molecular flexibility index (Phi) is 4.31. The second-order valence-corrected chi connectivity index (χ2v) is 5.09. The van der Waals surface area contributed by atoms with Crippen LogP contribution in [0.15, 0.2) is 29.8 Å². The Morgan fingerprint density at radius 3 is 2.85 bits per heavy atom. The Bertz CT molecular complexity index is 648. The zero-order valence-corrected chi connectivity index (χ0v) is 11.4. The molecule has 0 radical (unpaired) electrons. The molecule has 0 aromatic carbocycles. The van der Waals surface area contributed by atoms with Crippen molar-refractivity contribution in [3.05, 3.63) is 51.2 Å². The third kappa shape index (κ3) is 3.12. The van der Waals surface area contributed by atoms with E-state index >= 15 is 0 Å². The van der Waals surface area contributed by atoms with Gasteiger partial charge in [0.1, 0.15) is 11.0 Å². The third-order valence-electron chi connectivity index (χ3n) is 2.40. The van der Waals surface area contributed by atoms with Gasteiger partial charge in [-0.15, -0.1) is 11.3 Å². The second kappa shape index (κ2) is 5.98. The average molecular weight is 315 g/mol. The molecule has 5 nitrogen and oxygen atoms in total. The lowest BCUT2D eigenvalue weighted by atomic mass is 10.2. The zero-order chi connectivity index (χ0) is 14.7. The summed E-state index contributed by atoms with van der Waals surface area (Å²) in [6.07, 6.45) is 0.868. The molecule has 1 atom stereocenters. The van der Waals surface area contributed by atoms with Gasteiger partial charge in [-0.1, -0.05) is 17.7 Å². The van der Waals surface area contributed by atoms with Gasteiger partial charge < -0.3 is 10.4 Å². The summed E-state index contributed by atoms with van der Waals surface area (Å²) in [5.41, 5.74) is -0.213. The molecule has 0 saturated heterocycles. The van der Waals surface area contributed by atoms with Crippen molar-refractivity contribution >= 4 is 34.8 Å². The molecular weight excluding hydrogens is 307 g/mol. The number of halogens is 2. The molecule has 2 heterocycles. The molecule has 104 valence electrons. The van der Waals surface area contributed by atoms with Crippen molar-refractivity contribution in [3.8, 4) is 0 Å².